The smallest absolute Gasteiger partial charge is 0.410 e. The van der Waals surface area contributed by atoms with Crippen molar-refractivity contribution in [3.8, 4) is 0 Å². The molecule has 0 aromatic heterocycles. The van der Waals surface area contributed by atoms with Gasteiger partial charge in [0, 0.05) is 19.6 Å². The molecule has 9 heteroatoms. The minimum atomic E-state index is -0.847. The third kappa shape index (κ3) is 6.12. The molecular formula is C23H33N3O6. The quantitative estimate of drug-likeness (QED) is 0.707. The number of carbonyl (C=O) groups is 3. The number of rotatable bonds is 3. The molecule has 9 nitrogen and oxygen atoms in total. The molecule has 0 aliphatic carbocycles. The molecule has 2 saturated heterocycles. The molecule has 0 N–H and O–H groups in total. The lowest BCUT2D eigenvalue weighted by molar-refractivity contribution is -0.143. The van der Waals surface area contributed by atoms with Crippen LogP contribution in [0.2, 0.25) is 0 Å². The van der Waals surface area contributed by atoms with E-state index in [4.69, 9.17) is 14.2 Å². The lowest BCUT2D eigenvalue weighted by atomic mass is 10.1. The Morgan fingerprint density at radius 2 is 1.66 bits per heavy atom. The summed E-state index contributed by atoms with van der Waals surface area (Å²) >= 11 is 0. The predicted octanol–water partition coefficient (Wildman–Crippen LogP) is 2.49. The maximum atomic E-state index is 13.3. The highest BCUT2D eigenvalue weighted by Gasteiger charge is 2.43. The van der Waals surface area contributed by atoms with Crippen molar-refractivity contribution in [2.75, 3.05) is 39.4 Å². The number of piperazine rings is 1. The summed E-state index contributed by atoms with van der Waals surface area (Å²) in [6, 6.07) is 8.19. The van der Waals surface area contributed by atoms with Gasteiger partial charge in [0.2, 0.25) is 5.91 Å². The van der Waals surface area contributed by atoms with E-state index in [2.05, 4.69) is 0 Å². The van der Waals surface area contributed by atoms with E-state index in [0.717, 1.165) is 5.56 Å². The topological polar surface area (TPSA) is 88.6 Å². The van der Waals surface area contributed by atoms with E-state index in [1.807, 2.05) is 37.3 Å². The summed E-state index contributed by atoms with van der Waals surface area (Å²) in [5.74, 6) is -0.217. The molecule has 2 heterocycles. The van der Waals surface area contributed by atoms with Crippen LogP contribution in [-0.4, -0.2) is 89.9 Å². The minimum Gasteiger partial charge on any atom is -0.445 e. The number of carbonyl (C=O) groups excluding carboxylic acids is 3. The zero-order valence-electron chi connectivity index (χ0n) is 19.3. The molecule has 2 atom stereocenters. The second kappa shape index (κ2) is 10.2. The summed E-state index contributed by atoms with van der Waals surface area (Å²) in [5.41, 5.74) is 0.198. The summed E-state index contributed by atoms with van der Waals surface area (Å²) in [6.45, 7) is 9.34. The third-order valence-corrected chi connectivity index (χ3v) is 5.41. The highest BCUT2D eigenvalue weighted by molar-refractivity contribution is 5.87. The van der Waals surface area contributed by atoms with Crippen molar-refractivity contribution >= 4 is 18.1 Å². The molecule has 3 amide bonds. The molecule has 2 aliphatic heterocycles. The van der Waals surface area contributed by atoms with Crippen molar-refractivity contribution in [1.82, 2.24) is 14.7 Å². The van der Waals surface area contributed by atoms with Gasteiger partial charge < -0.3 is 24.0 Å². The summed E-state index contributed by atoms with van der Waals surface area (Å²) in [6.07, 6.45) is -1.07. The van der Waals surface area contributed by atoms with Crippen LogP contribution in [0.5, 0.6) is 0 Å². The zero-order chi connectivity index (χ0) is 23.3. The lowest BCUT2D eigenvalue weighted by Gasteiger charge is -2.45. The van der Waals surface area contributed by atoms with Crippen LogP contribution in [0.1, 0.15) is 33.3 Å². The Labute approximate surface area is 189 Å². The fraction of sp³-hybridized carbons (Fsp3) is 0.609. The summed E-state index contributed by atoms with van der Waals surface area (Å²) in [5, 5.41) is 0. The van der Waals surface area contributed by atoms with Crippen molar-refractivity contribution in [3.63, 3.8) is 0 Å². The Balaban J connectivity index is 1.76. The first-order chi connectivity index (χ1) is 15.2. The monoisotopic (exact) mass is 447 g/mol. The van der Waals surface area contributed by atoms with E-state index in [-0.39, 0.29) is 31.6 Å². The largest absolute Gasteiger partial charge is 0.445 e. The average molecular weight is 448 g/mol. The van der Waals surface area contributed by atoms with Crippen LogP contribution in [0, 0.1) is 0 Å². The second-order valence-electron chi connectivity index (χ2n) is 9.13. The minimum absolute atomic E-state index is 0.0483. The number of morpholine rings is 1. The molecular weight excluding hydrogens is 414 g/mol. The van der Waals surface area contributed by atoms with E-state index in [0.29, 0.717) is 26.3 Å². The number of nitrogens with zero attached hydrogens (tertiary/aromatic N) is 3. The van der Waals surface area contributed by atoms with Gasteiger partial charge in [-0.25, -0.2) is 9.59 Å². The number of amides is 3. The first-order valence-corrected chi connectivity index (χ1v) is 11.0. The average Bonchev–Trinajstić information content (AvgIpc) is 2.77. The third-order valence-electron chi connectivity index (χ3n) is 5.41. The number of ether oxygens (including phenoxy) is 3. The molecule has 3 rings (SSSR count). The van der Waals surface area contributed by atoms with Gasteiger partial charge >= 0.3 is 12.2 Å². The summed E-state index contributed by atoms with van der Waals surface area (Å²) in [7, 11) is 0. The van der Waals surface area contributed by atoms with Gasteiger partial charge in [-0.05, 0) is 33.3 Å². The fourth-order valence-corrected chi connectivity index (χ4v) is 3.76. The van der Waals surface area contributed by atoms with Crippen molar-refractivity contribution in [2.45, 2.75) is 52.0 Å². The standard InChI is InChI=1S/C23H33N3O6/c1-17-14-26(21(28)31-16-18-8-6-5-7-9-18)19(20(27)24-10-12-30-13-11-24)15-25(17)22(29)32-23(2,3)4/h5-9,17,19H,10-16H2,1-4H3/t17-,19-/m1/s1. The molecule has 32 heavy (non-hydrogen) atoms. The second-order valence-corrected chi connectivity index (χ2v) is 9.13. The van der Waals surface area contributed by atoms with Crippen molar-refractivity contribution in [2.24, 2.45) is 0 Å². The Morgan fingerprint density at radius 1 is 1.00 bits per heavy atom. The van der Waals surface area contributed by atoms with Crippen LogP contribution in [-0.2, 0) is 25.6 Å². The molecule has 2 fully saturated rings. The van der Waals surface area contributed by atoms with Gasteiger partial charge in [-0.3, -0.25) is 9.69 Å². The summed E-state index contributed by atoms with van der Waals surface area (Å²) in [4.78, 5) is 43.8. The molecule has 0 radical (unpaired) electrons. The Kier molecular flexibility index (Phi) is 7.60. The van der Waals surface area contributed by atoms with Crippen molar-refractivity contribution in [3.05, 3.63) is 35.9 Å². The van der Waals surface area contributed by atoms with Crippen LogP contribution < -0.4 is 0 Å². The molecule has 1 aromatic carbocycles. The Morgan fingerprint density at radius 3 is 2.28 bits per heavy atom. The van der Waals surface area contributed by atoms with E-state index in [9.17, 15) is 14.4 Å². The zero-order valence-corrected chi connectivity index (χ0v) is 19.3. The predicted molar refractivity (Wildman–Crippen MR) is 117 cm³/mol. The summed E-state index contributed by atoms with van der Waals surface area (Å²) < 4.78 is 16.4. The van der Waals surface area contributed by atoms with Crippen LogP contribution in [0.15, 0.2) is 30.3 Å². The maximum Gasteiger partial charge on any atom is 0.410 e. The first kappa shape index (κ1) is 23.8. The van der Waals surface area contributed by atoms with Gasteiger partial charge in [0.1, 0.15) is 18.2 Å². The lowest BCUT2D eigenvalue weighted by Crippen LogP contribution is -2.65. The van der Waals surface area contributed by atoms with E-state index in [1.54, 1.807) is 25.7 Å². The number of hydrogen-bond acceptors (Lipinski definition) is 6. The van der Waals surface area contributed by atoms with Crippen LogP contribution >= 0.6 is 0 Å². The van der Waals surface area contributed by atoms with Crippen molar-refractivity contribution in [1.29, 1.82) is 0 Å². The number of benzene rings is 1. The van der Waals surface area contributed by atoms with Gasteiger partial charge in [-0.15, -0.1) is 0 Å². The molecule has 176 valence electrons. The van der Waals surface area contributed by atoms with E-state index in [1.165, 1.54) is 9.80 Å². The van der Waals surface area contributed by atoms with Gasteiger partial charge in [0.15, 0.2) is 0 Å². The molecule has 2 aliphatic rings. The van der Waals surface area contributed by atoms with Gasteiger partial charge in [0.05, 0.1) is 25.8 Å². The Hall–Kier alpha value is -2.81. The van der Waals surface area contributed by atoms with Crippen molar-refractivity contribution < 1.29 is 28.6 Å². The van der Waals surface area contributed by atoms with E-state index >= 15 is 0 Å². The van der Waals surface area contributed by atoms with E-state index < -0.39 is 23.8 Å². The Bertz CT molecular complexity index is 804. The highest BCUT2D eigenvalue weighted by atomic mass is 16.6. The van der Waals surface area contributed by atoms with Crippen LogP contribution in [0.3, 0.4) is 0 Å². The van der Waals surface area contributed by atoms with Gasteiger partial charge in [-0.2, -0.15) is 0 Å². The molecule has 0 bridgehead atoms. The molecule has 0 saturated carbocycles. The van der Waals surface area contributed by atoms with Crippen LogP contribution in [0.4, 0.5) is 9.59 Å². The normalized spacial score (nSPS) is 21.8. The van der Waals surface area contributed by atoms with Crippen LogP contribution in [0.25, 0.3) is 0 Å². The highest BCUT2D eigenvalue weighted by Crippen LogP contribution is 2.22. The SMILES string of the molecule is C[C@@H]1CN(C(=O)OCc2ccccc2)[C@@H](C(=O)N2CCOCC2)CN1C(=O)OC(C)(C)C. The molecule has 0 unspecified atom stereocenters. The maximum absolute atomic E-state index is 13.3. The molecule has 1 aromatic rings. The van der Waals surface area contributed by atoms with Gasteiger partial charge in [-0.1, -0.05) is 30.3 Å². The fourth-order valence-electron chi connectivity index (χ4n) is 3.76. The van der Waals surface area contributed by atoms with Gasteiger partial charge in [0.25, 0.3) is 0 Å². The first-order valence-electron chi connectivity index (χ1n) is 11.0. The molecule has 0 spiro atoms. The number of hydrogen-bond donors (Lipinski definition) is 0.